The van der Waals surface area contributed by atoms with Gasteiger partial charge in [0.1, 0.15) is 0 Å². The number of benzene rings is 1. The number of tetrazole rings is 1. The fraction of sp³-hybridized carbons (Fsp3) is 0.520. The lowest BCUT2D eigenvalue weighted by atomic mass is 9.92. The number of Topliss-reactive ketones (excluding diaryl/α,β-unsaturated/α-hetero) is 1. The van der Waals surface area contributed by atoms with Crippen LogP contribution in [0, 0.1) is 11.3 Å². The number of hydrogen-bond acceptors (Lipinski definition) is 6. The molecule has 0 spiro atoms. The molecule has 5 rings (SSSR count). The molecule has 1 saturated carbocycles. The van der Waals surface area contributed by atoms with Crippen molar-refractivity contribution in [2.24, 2.45) is 11.3 Å². The SMILES string of the molecule is CN1CCCC/C=C\[C@H]2C[C@]2(C(=O)O)CC(=O)[C@@H]2C[C@@H](n3nnc(-c4ccccc4)n3)CN2C1=O. The average molecular weight is 479 g/mol. The van der Waals surface area contributed by atoms with E-state index in [1.807, 2.05) is 42.5 Å². The zero-order chi connectivity index (χ0) is 24.6. The zero-order valence-electron chi connectivity index (χ0n) is 19.8. The third-order valence-electron chi connectivity index (χ3n) is 7.54. The van der Waals surface area contributed by atoms with E-state index in [1.165, 1.54) is 4.80 Å². The minimum atomic E-state index is -1.07. The van der Waals surface area contributed by atoms with E-state index in [1.54, 1.807) is 16.8 Å². The number of amides is 2. The minimum Gasteiger partial charge on any atom is -0.481 e. The molecule has 0 unspecified atom stereocenters. The summed E-state index contributed by atoms with van der Waals surface area (Å²) in [6.45, 7) is 0.866. The minimum absolute atomic E-state index is 0.0811. The number of aromatic nitrogens is 4. The number of ketones is 1. The molecule has 3 heterocycles. The van der Waals surface area contributed by atoms with Crippen molar-refractivity contribution in [2.45, 2.75) is 50.6 Å². The number of carboxylic acid groups (broad SMARTS) is 1. The number of nitrogens with zero attached hydrogens (tertiary/aromatic N) is 6. The number of carbonyl (C=O) groups excluding carboxylic acids is 2. The third-order valence-corrected chi connectivity index (χ3v) is 7.54. The second-order valence-corrected chi connectivity index (χ2v) is 9.90. The van der Waals surface area contributed by atoms with Crippen LogP contribution in [-0.2, 0) is 9.59 Å². The number of rotatable bonds is 3. The quantitative estimate of drug-likeness (QED) is 0.673. The summed E-state index contributed by atoms with van der Waals surface area (Å²) in [4.78, 5) is 43.7. The van der Waals surface area contributed by atoms with Crippen LogP contribution in [0.4, 0.5) is 4.79 Å². The van der Waals surface area contributed by atoms with Crippen LogP contribution in [0.3, 0.4) is 0 Å². The summed E-state index contributed by atoms with van der Waals surface area (Å²) in [5.74, 6) is -0.817. The molecular weight excluding hydrogens is 448 g/mol. The summed E-state index contributed by atoms with van der Waals surface area (Å²) in [5.41, 5.74) is -0.235. The molecule has 2 amide bonds. The summed E-state index contributed by atoms with van der Waals surface area (Å²) in [7, 11) is 1.75. The van der Waals surface area contributed by atoms with Gasteiger partial charge in [-0.25, -0.2) is 4.79 Å². The number of carboxylic acids is 1. The Morgan fingerprint density at radius 2 is 1.97 bits per heavy atom. The Labute approximate surface area is 203 Å². The second kappa shape index (κ2) is 9.24. The highest BCUT2D eigenvalue weighted by atomic mass is 16.4. The summed E-state index contributed by atoms with van der Waals surface area (Å²) in [6, 6.07) is 8.23. The van der Waals surface area contributed by atoms with E-state index in [9.17, 15) is 19.5 Å². The first kappa shape index (κ1) is 23.2. The van der Waals surface area contributed by atoms with Crippen LogP contribution in [0.15, 0.2) is 42.5 Å². The predicted octanol–water partition coefficient (Wildman–Crippen LogP) is 2.80. The van der Waals surface area contributed by atoms with Gasteiger partial charge in [0, 0.05) is 38.5 Å². The number of carbonyl (C=O) groups is 3. The van der Waals surface area contributed by atoms with E-state index >= 15 is 0 Å². The Hall–Kier alpha value is -3.56. The molecule has 4 atom stereocenters. The number of hydrogen-bond donors (Lipinski definition) is 1. The predicted molar refractivity (Wildman–Crippen MR) is 126 cm³/mol. The molecule has 3 aliphatic rings. The van der Waals surface area contributed by atoms with Crippen LogP contribution < -0.4 is 0 Å². The molecule has 2 aliphatic heterocycles. The van der Waals surface area contributed by atoms with E-state index < -0.39 is 17.4 Å². The van der Waals surface area contributed by atoms with Gasteiger partial charge in [-0.2, -0.15) is 4.80 Å². The van der Waals surface area contributed by atoms with Crippen molar-refractivity contribution in [2.75, 3.05) is 20.1 Å². The van der Waals surface area contributed by atoms with Gasteiger partial charge in [0.2, 0.25) is 5.82 Å². The highest BCUT2D eigenvalue weighted by Gasteiger charge is 2.61. The number of urea groups is 1. The Bertz CT molecular complexity index is 1150. The van der Waals surface area contributed by atoms with E-state index in [0.29, 0.717) is 25.2 Å². The van der Waals surface area contributed by atoms with Crippen LogP contribution in [0.5, 0.6) is 0 Å². The number of aliphatic carboxylic acids is 1. The first-order valence-electron chi connectivity index (χ1n) is 12.2. The first-order chi connectivity index (χ1) is 16.9. The van der Waals surface area contributed by atoms with Crippen molar-refractivity contribution in [3.8, 4) is 11.4 Å². The Kier molecular flexibility index (Phi) is 6.12. The lowest BCUT2D eigenvalue weighted by Crippen LogP contribution is -2.47. The Morgan fingerprint density at radius 3 is 2.74 bits per heavy atom. The maximum atomic E-state index is 13.5. The van der Waals surface area contributed by atoms with Gasteiger partial charge in [-0.1, -0.05) is 42.5 Å². The van der Waals surface area contributed by atoms with Crippen LogP contribution in [-0.4, -0.2) is 79.1 Å². The van der Waals surface area contributed by atoms with E-state index in [4.69, 9.17) is 0 Å². The maximum Gasteiger partial charge on any atom is 0.320 e. The Balaban J connectivity index is 1.41. The second-order valence-electron chi connectivity index (χ2n) is 9.90. The van der Waals surface area contributed by atoms with Gasteiger partial charge in [0.25, 0.3) is 0 Å². The molecule has 1 aliphatic carbocycles. The lowest BCUT2D eigenvalue weighted by Gasteiger charge is -2.29. The molecule has 1 aromatic heterocycles. The topological polar surface area (TPSA) is 122 Å². The van der Waals surface area contributed by atoms with Crippen LogP contribution in [0.25, 0.3) is 11.4 Å². The maximum absolute atomic E-state index is 13.5. The van der Waals surface area contributed by atoms with E-state index in [2.05, 4.69) is 15.4 Å². The summed E-state index contributed by atoms with van der Waals surface area (Å²) < 4.78 is 0. The van der Waals surface area contributed by atoms with E-state index in [-0.39, 0.29) is 36.7 Å². The van der Waals surface area contributed by atoms with Gasteiger partial charge in [-0.3, -0.25) is 9.59 Å². The number of fused-ring (bicyclic) bond motifs is 2. The summed E-state index contributed by atoms with van der Waals surface area (Å²) in [5, 5.41) is 22.8. The molecule has 1 saturated heterocycles. The smallest absolute Gasteiger partial charge is 0.320 e. The van der Waals surface area contributed by atoms with Gasteiger partial charge in [0.05, 0.1) is 17.5 Å². The molecule has 0 bridgehead atoms. The molecule has 1 aromatic carbocycles. The van der Waals surface area contributed by atoms with Gasteiger partial charge in [-0.05, 0) is 36.8 Å². The number of allylic oxidation sites excluding steroid dienone is 2. The molecule has 2 fully saturated rings. The normalized spacial score (nSPS) is 30.4. The molecule has 10 heteroatoms. The zero-order valence-corrected chi connectivity index (χ0v) is 19.8. The van der Waals surface area contributed by atoms with Crippen LogP contribution >= 0.6 is 0 Å². The molecule has 35 heavy (non-hydrogen) atoms. The standard InChI is InChI=1S/C25H30N6O4/c1-29-12-8-3-2-7-11-18-14-25(18,23(33)34)15-21(32)20-13-19(16-30(20)24(29)35)31-27-22(26-28-31)17-9-5-4-6-10-17/h4-7,9-11,18-20H,2-3,8,12-16H2,1H3,(H,33,34)/b11-7-/t18-,19+,20-,25-/m0/s1. The summed E-state index contributed by atoms with van der Waals surface area (Å²) >= 11 is 0. The van der Waals surface area contributed by atoms with Crippen molar-refractivity contribution in [3.63, 3.8) is 0 Å². The third kappa shape index (κ3) is 4.44. The van der Waals surface area contributed by atoms with Crippen molar-refractivity contribution in [3.05, 3.63) is 42.5 Å². The highest BCUT2D eigenvalue weighted by Crippen LogP contribution is 2.57. The largest absolute Gasteiger partial charge is 0.481 e. The van der Waals surface area contributed by atoms with Crippen molar-refractivity contribution in [1.29, 1.82) is 0 Å². The molecule has 184 valence electrons. The van der Waals surface area contributed by atoms with Gasteiger partial charge < -0.3 is 14.9 Å². The highest BCUT2D eigenvalue weighted by molar-refractivity contribution is 5.94. The molecular formula is C25H30N6O4. The monoisotopic (exact) mass is 478 g/mol. The first-order valence-corrected chi connectivity index (χ1v) is 12.2. The van der Waals surface area contributed by atoms with Crippen molar-refractivity contribution >= 4 is 17.8 Å². The Morgan fingerprint density at radius 1 is 1.17 bits per heavy atom. The fourth-order valence-electron chi connectivity index (χ4n) is 5.31. The molecule has 0 radical (unpaired) electrons. The average Bonchev–Trinajstić information content (AvgIpc) is 3.18. The lowest BCUT2D eigenvalue weighted by molar-refractivity contribution is -0.146. The van der Waals surface area contributed by atoms with E-state index in [0.717, 1.165) is 24.8 Å². The van der Waals surface area contributed by atoms with Crippen LogP contribution in [0.2, 0.25) is 0 Å². The molecule has 10 nitrogen and oxygen atoms in total. The summed E-state index contributed by atoms with van der Waals surface area (Å²) in [6.07, 6.45) is 7.27. The van der Waals surface area contributed by atoms with Crippen LogP contribution in [0.1, 0.15) is 44.6 Å². The van der Waals surface area contributed by atoms with Crippen molar-refractivity contribution < 1.29 is 19.5 Å². The molecule has 2 aromatic rings. The van der Waals surface area contributed by atoms with Gasteiger partial charge >= 0.3 is 12.0 Å². The molecule has 1 N–H and O–H groups in total. The van der Waals surface area contributed by atoms with Gasteiger partial charge in [0.15, 0.2) is 5.78 Å². The van der Waals surface area contributed by atoms with Crippen molar-refractivity contribution in [1.82, 2.24) is 30.0 Å². The van der Waals surface area contributed by atoms with Gasteiger partial charge in [-0.15, -0.1) is 10.2 Å². The fourth-order valence-corrected chi connectivity index (χ4v) is 5.31.